The van der Waals surface area contributed by atoms with Gasteiger partial charge in [0.05, 0.1) is 0 Å². The van der Waals surface area contributed by atoms with E-state index in [-0.39, 0.29) is 29.2 Å². The number of rotatable bonds is 3. The first-order chi connectivity index (χ1) is 9.45. The predicted octanol–water partition coefficient (Wildman–Crippen LogP) is 2.91. The number of hydrogen-bond donors (Lipinski definition) is 1. The normalized spacial score (nSPS) is 39.2. The molecule has 0 aromatic heterocycles. The molecule has 3 amide bonds. The monoisotopic (exact) mass is 342 g/mol. The molecule has 0 bridgehead atoms. The highest BCUT2D eigenvalue weighted by Crippen LogP contribution is 2.49. The van der Waals surface area contributed by atoms with Crippen LogP contribution in [-0.2, 0) is 4.79 Å². The van der Waals surface area contributed by atoms with Gasteiger partial charge in [0.25, 0.3) is 5.91 Å². The first-order valence-corrected chi connectivity index (χ1v) is 8.77. The number of imide groups is 1. The minimum atomic E-state index is -0.641. The van der Waals surface area contributed by atoms with E-state index in [1.165, 1.54) is 4.90 Å². The van der Waals surface area contributed by atoms with Crippen LogP contribution in [0.3, 0.4) is 0 Å². The maximum Gasteiger partial charge on any atom is 0.325 e. The summed E-state index contributed by atoms with van der Waals surface area (Å²) >= 11 is 3.52. The molecule has 1 saturated heterocycles. The Hall–Kier alpha value is -0.580. The van der Waals surface area contributed by atoms with Crippen LogP contribution in [0.2, 0.25) is 0 Å². The van der Waals surface area contributed by atoms with Crippen LogP contribution >= 0.6 is 15.9 Å². The van der Waals surface area contributed by atoms with Gasteiger partial charge < -0.3 is 5.32 Å². The Balaban J connectivity index is 1.85. The third kappa shape index (κ3) is 1.92. The van der Waals surface area contributed by atoms with Crippen LogP contribution in [0.25, 0.3) is 0 Å². The fraction of sp³-hybridized carbons (Fsp3) is 0.867. The second kappa shape index (κ2) is 4.72. The van der Waals surface area contributed by atoms with Crippen LogP contribution in [0.5, 0.6) is 0 Å². The van der Waals surface area contributed by atoms with Crippen LogP contribution in [0.15, 0.2) is 0 Å². The van der Waals surface area contributed by atoms with E-state index in [0.717, 1.165) is 37.4 Å². The average molecular weight is 343 g/mol. The number of alkyl halides is 1. The molecule has 5 heteroatoms. The number of halogens is 1. The molecule has 1 heterocycles. The first kappa shape index (κ1) is 14.4. The summed E-state index contributed by atoms with van der Waals surface area (Å²) in [7, 11) is 0. The SMILES string of the molecule is CC1CCCC(C)C12NC(=O)N(CC1(CBr)CC1)C2=O. The molecule has 3 aliphatic rings. The highest BCUT2D eigenvalue weighted by molar-refractivity contribution is 9.09. The molecule has 0 aromatic rings. The van der Waals surface area contributed by atoms with Gasteiger partial charge in [-0.05, 0) is 42.9 Å². The molecule has 1 spiro atoms. The van der Waals surface area contributed by atoms with Crippen LogP contribution in [-0.4, -0.2) is 34.3 Å². The lowest BCUT2D eigenvalue weighted by Crippen LogP contribution is -2.59. The van der Waals surface area contributed by atoms with Crippen molar-refractivity contribution in [2.24, 2.45) is 17.3 Å². The summed E-state index contributed by atoms with van der Waals surface area (Å²) in [6.45, 7) is 4.79. The van der Waals surface area contributed by atoms with Crippen molar-refractivity contribution in [1.82, 2.24) is 10.2 Å². The van der Waals surface area contributed by atoms with E-state index < -0.39 is 5.54 Å². The van der Waals surface area contributed by atoms with E-state index in [1.807, 2.05) is 0 Å². The summed E-state index contributed by atoms with van der Waals surface area (Å²) in [6.07, 6.45) is 5.40. The Kier molecular flexibility index (Phi) is 3.39. The van der Waals surface area contributed by atoms with Gasteiger partial charge in [0.1, 0.15) is 5.54 Å². The lowest BCUT2D eigenvalue weighted by molar-refractivity contribution is -0.137. The van der Waals surface area contributed by atoms with E-state index in [0.29, 0.717) is 6.54 Å². The number of nitrogens with zero attached hydrogens (tertiary/aromatic N) is 1. The topological polar surface area (TPSA) is 49.4 Å². The van der Waals surface area contributed by atoms with E-state index in [2.05, 4.69) is 35.1 Å². The number of urea groups is 1. The number of carbonyl (C=O) groups is 2. The second-order valence-electron chi connectivity index (χ2n) is 7.06. The number of nitrogens with one attached hydrogen (secondary N) is 1. The van der Waals surface area contributed by atoms with Crippen molar-refractivity contribution in [1.29, 1.82) is 0 Å². The number of amides is 3. The lowest BCUT2D eigenvalue weighted by Gasteiger charge is -2.42. The molecule has 2 aliphatic carbocycles. The molecular weight excluding hydrogens is 320 g/mol. The third-order valence-electron chi connectivity index (χ3n) is 5.72. The van der Waals surface area contributed by atoms with E-state index in [1.54, 1.807) is 0 Å². The molecule has 3 rings (SSSR count). The summed E-state index contributed by atoms with van der Waals surface area (Å²) in [4.78, 5) is 26.8. The molecule has 0 aromatic carbocycles. The largest absolute Gasteiger partial charge is 0.325 e. The summed E-state index contributed by atoms with van der Waals surface area (Å²) < 4.78 is 0. The Morgan fingerprint density at radius 1 is 1.25 bits per heavy atom. The third-order valence-corrected chi connectivity index (χ3v) is 6.91. The smallest absolute Gasteiger partial charge is 0.323 e. The number of hydrogen-bond acceptors (Lipinski definition) is 2. The van der Waals surface area contributed by atoms with Gasteiger partial charge in [-0.3, -0.25) is 9.69 Å². The molecule has 2 saturated carbocycles. The molecule has 3 fully saturated rings. The summed E-state index contributed by atoms with van der Waals surface area (Å²) in [5.74, 6) is 0.480. The Labute approximate surface area is 128 Å². The van der Waals surface area contributed by atoms with Crippen molar-refractivity contribution in [3.8, 4) is 0 Å². The highest BCUT2D eigenvalue weighted by Gasteiger charge is 2.60. The van der Waals surface area contributed by atoms with Crippen LogP contribution in [0.1, 0.15) is 46.0 Å². The maximum absolute atomic E-state index is 13.0. The fourth-order valence-electron chi connectivity index (χ4n) is 3.94. The molecule has 112 valence electrons. The van der Waals surface area contributed by atoms with Crippen molar-refractivity contribution < 1.29 is 9.59 Å². The van der Waals surface area contributed by atoms with Gasteiger partial charge in [0.15, 0.2) is 0 Å². The van der Waals surface area contributed by atoms with Crippen molar-refractivity contribution in [2.45, 2.75) is 51.5 Å². The van der Waals surface area contributed by atoms with E-state index in [4.69, 9.17) is 0 Å². The van der Waals surface area contributed by atoms with Gasteiger partial charge in [-0.25, -0.2) is 4.79 Å². The minimum absolute atomic E-state index is 0.0226. The molecule has 1 N–H and O–H groups in total. The van der Waals surface area contributed by atoms with Crippen molar-refractivity contribution in [2.75, 3.05) is 11.9 Å². The average Bonchev–Trinajstić information content (AvgIpc) is 3.15. The van der Waals surface area contributed by atoms with Crippen LogP contribution < -0.4 is 5.32 Å². The van der Waals surface area contributed by atoms with Crippen molar-refractivity contribution in [3.05, 3.63) is 0 Å². The Bertz CT molecular complexity index is 437. The number of carbonyl (C=O) groups excluding carboxylic acids is 2. The summed E-state index contributed by atoms with van der Waals surface area (Å²) in [6, 6.07) is -0.178. The van der Waals surface area contributed by atoms with Gasteiger partial charge >= 0.3 is 6.03 Å². The van der Waals surface area contributed by atoms with E-state index in [9.17, 15) is 9.59 Å². The molecule has 2 unspecified atom stereocenters. The predicted molar refractivity (Wildman–Crippen MR) is 80.6 cm³/mol. The van der Waals surface area contributed by atoms with Crippen LogP contribution in [0, 0.1) is 17.3 Å². The van der Waals surface area contributed by atoms with Gasteiger partial charge in [-0.2, -0.15) is 0 Å². The minimum Gasteiger partial charge on any atom is -0.323 e. The zero-order valence-electron chi connectivity index (χ0n) is 12.2. The van der Waals surface area contributed by atoms with Crippen molar-refractivity contribution in [3.63, 3.8) is 0 Å². The van der Waals surface area contributed by atoms with Gasteiger partial charge in [0.2, 0.25) is 0 Å². The maximum atomic E-state index is 13.0. The fourth-order valence-corrected chi connectivity index (χ4v) is 4.68. The standard InChI is InChI=1S/C15H23BrN2O2/c1-10-4-3-5-11(2)15(10)12(19)18(13(20)17-15)9-14(8-16)6-7-14/h10-11H,3-9H2,1-2H3,(H,17,20). The molecule has 2 atom stereocenters. The molecule has 0 radical (unpaired) electrons. The van der Waals surface area contributed by atoms with Gasteiger partial charge in [-0.1, -0.05) is 36.2 Å². The quantitative estimate of drug-likeness (QED) is 0.633. The van der Waals surface area contributed by atoms with Crippen LogP contribution in [0.4, 0.5) is 4.79 Å². The highest BCUT2D eigenvalue weighted by atomic mass is 79.9. The molecule has 4 nitrogen and oxygen atoms in total. The summed E-state index contributed by atoms with van der Waals surface area (Å²) in [5, 5.41) is 3.94. The van der Waals surface area contributed by atoms with E-state index >= 15 is 0 Å². The van der Waals surface area contributed by atoms with Gasteiger partial charge in [-0.15, -0.1) is 0 Å². The lowest BCUT2D eigenvalue weighted by atomic mass is 9.67. The zero-order valence-corrected chi connectivity index (χ0v) is 13.8. The van der Waals surface area contributed by atoms with Gasteiger partial charge in [0, 0.05) is 11.9 Å². The zero-order chi connectivity index (χ0) is 14.5. The molecule has 20 heavy (non-hydrogen) atoms. The first-order valence-electron chi connectivity index (χ1n) is 7.65. The molecular formula is C15H23BrN2O2. The second-order valence-corrected chi connectivity index (χ2v) is 7.62. The Morgan fingerprint density at radius 3 is 2.35 bits per heavy atom. The Morgan fingerprint density at radius 2 is 1.85 bits per heavy atom. The summed E-state index contributed by atoms with van der Waals surface area (Å²) in [5.41, 5.74) is -0.503. The van der Waals surface area contributed by atoms with Crippen molar-refractivity contribution >= 4 is 27.9 Å². The molecule has 1 aliphatic heterocycles.